The summed E-state index contributed by atoms with van der Waals surface area (Å²) in [7, 11) is 0. The number of nitrogens with zero attached hydrogens (tertiary/aromatic N) is 2. The van der Waals surface area contributed by atoms with Crippen LogP contribution in [0.4, 0.5) is 0 Å². The highest BCUT2D eigenvalue weighted by Crippen LogP contribution is 2.46. The average molecular weight is 561 g/mol. The number of ether oxygens (including phenoxy) is 5. The van der Waals surface area contributed by atoms with Crippen LogP contribution >= 0.6 is 0 Å². The fraction of sp³-hybridized carbons (Fsp3) is 0.235. The van der Waals surface area contributed by atoms with Crippen LogP contribution in [0.25, 0.3) is 16.8 Å². The number of hydrazone groups is 1. The van der Waals surface area contributed by atoms with Crippen molar-refractivity contribution in [1.82, 2.24) is 5.01 Å². The quantitative estimate of drug-likeness (QED) is 0.277. The molecule has 8 rings (SSSR count). The summed E-state index contributed by atoms with van der Waals surface area (Å²) in [5.74, 6) is 3.39. The summed E-state index contributed by atoms with van der Waals surface area (Å²) in [6.07, 6.45) is 4.96. The number of hydrogen-bond acceptors (Lipinski definition) is 7. The van der Waals surface area contributed by atoms with E-state index in [4.69, 9.17) is 28.8 Å². The van der Waals surface area contributed by atoms with Crippen LogP contribution in [0.5, 0.6) is 28.7 Å². The van der Waals surface area contributed by atoms with Gasteiger partial charge in [0.2, 0.25) is 13.6 Å². The lowest BCUT2D eigenvalue weighted by Gasteiger charge is -2.29. The summed E-state index contributed by atoms with van der Waals surface area (Å²) in [6, 6.07) is 25.5. The first-order valence-electron chi connectivity index (χ1n) is 14.2. The molecule has 3 heterocycles. The van der Waals surface area contributed by atoms with Crippen LogP contribution in [0.1, 0.15) is 36.4 Å². The van der Waals surface area contributed by atoms with Gasteiger partial charge in [-0.3, -0.25) is 4.79 Å². The number of hydrogen-bond donors (Lipinski definition) is 0. The Hall–Kier alpha value is -4.98. The maximum Gasteiger partial charge on any atom is 0.281 e. The van der Waals surface area contributed by atoms with E-state index in [0.29, 0.717) is 17.2 Å². The van der Waals surface area contributed by atoms with E-state index in [0.717, 1.165) is 63.9 Å². The van der Waals surface area contributed by atoms with Crippen molar-refractivity contribution in [3.63, 3.8) is 0 Å². The topological polar surface area (TPSA) is 78.8 Å². The third-order valence-electron chi connectivity index (χ3n) is 8.32. The molecule has 0 N–H and O–H groups in total. The number of benzene rings is 4. The number of fused-ring (bicyclic) bond motifs is 4. The standard InChI is InChI=1S/C34H28N2O6/c37-32(18-38-26-11-9-22-4-1-2-5-23(22)16-26)36-34(25-10-13-29-31(17-25)42-20-40-29)27-7-3-6-24(33(27)35-36)14-21-8-12-28-30(15-21)41-19-39-28/h1-2,4-5,8-17,27,34H,3,6-7,18-20H2/b24-14+/t27-,34+/m1/s1. The Labute approximate surface area is 242 Å². The fourth-order valence-corrected chi connectivity index (χ4v) is 6.31. The third-order valence-corrected chi connectivity index (χ3v) is 8.32. The van der Waals surface area contributed by atoms with Crippen LogP contribution < -0.4 is 23.7 Å². The molecule has 0 spiro atoms. The van der Waals surface area contributed by atoms with Gasteiger partial charge in [-0.15, -0.1) is 0 Å². The summed E-state index contributed by atoms with van der Waals surface area (Å²) in [6.45, 7) is 0.309. The zero-order valence-electron chi connectivity index (χ0n) is 22.8. The van der Waals surface area contributed by atoms with Gasteiger partial charge in [0.25, 0.3) is 5.91 Å². The summed E-state index contributed by atoms with van der Waals surface area (Å²) < 4.78 is 28.3. The highest BCUT2D eigenvalue weighted by Gasteiger charge is 2.44. The van der Waals surface area contributed by atoms with Crippen molar-refractivity contribution < 1.29 is 28.5 Å². The highest BCUT2D eigenvalue weighted by atomic mass is 16.7. The second kappa shape index (κ2) is 10.1. The maximum atomic E-state index is 13.8. The van der Waals surface area contributed by atoms with Crippen LogP contribution in [-0.2, 0) is 4.79 Å². The normalized spacial score (nSPS) is 21.0. The molecule has 0 unspecified atom stereocenters. The van der Waals surface area contributed by atoms with Gasteiger partial charge in [-0.25, -0.2) is 5.01 Å². The van der Waals surface area contributed by atoms with E-state index in [1.807, 2.05) is 72.8 Å². The van der Waals surface area contributed by atoms with Crippen LogP contribution in [0.3, 0.4) is 0 Å². The first kappa shape index (κ1) is 24.8. The molecule has 1 aliphatic carbocycles. The lowest BCUT2D eigenvalue weighted by molar-refractivity contribution is -0.135. The van der Waals surface area contributed by atoms with Crippen molar-refractivity contribution in [1.29, 1.82) is 0 Å². The molecule has 1 amide bonds. The predicted octanol–water partition coefficient (Wildman–Crippen LogP) is 6.50. The van der Waals surface area contributed by atoms with Crippen molar-refractivity contribution in [2.24, 2.45) is 11.0 Å². The van der Waals surface area contributed by atoms with E-state index in [1.54, 1.807) is 5.01 Å². The van der Waals surface area contributed by atoms with Crippen molar-refractivity contribution in [2.75, 3.05) is 20.2 Å². The summed E-state index contributed by atoms with van der Waals surface area (Å²) >= 11 is 0. The largest absolute Gasteiger partial charge is 0.484 e. The molecule has 0 radical (unpaired) electrons. The second-order valence-electron chi connectivity index (χ2n) is 10.9. The number of carbonyl (C=O) groups is 1. The van der Waals surface area contributed by atoms with E-state index in [-0.39, 0.29) is 38.1 Å². The van der Waals surface area contributed by atoms with E-state index in [2.05, 4.69) is 12.1 Å². The predicted molar refractivity (Wildman–Crippen MR) is 157 cm³/mol. The molecule has 0 bridgehead atoms. The van der Waals surface area contributed by atoms with Gasteiger partial charge in [0.05, 0.1) is 11.8 Å². The van der Waals surface area contributed by atoms with Gasteiger partial charge in [0.15, 0.2) is 29.6 Å². The van der Waals surface area contributed by atoms with Crippen LogP contribution in [-0.4, -0.2) is 36.8 Å². The van der Waals surface area contributed by atoms with Crippen LogP contribution in [0.2, 0.25) is 0 Å². The fourth-order valence-electron chi connectivity index (χ4n) is 6.31. The Morgan fingerprint density at radius 2 is 1.62 bits per heavy atom. The third kappa shape index (κ3) is 4.40. The Morgan fingerprint density at radius 1 is 0.857 bits per heavy atom. The molecule has 3 aliphatic heterocycles. The van der Waals surface area contributed by atoms with Gasteiger partial charge >= 0.3 is 0 Å². The van der Waals surface area contributed by atoms with E-state index < -0.39 is 0 Å². The molecule has 1 saturated carbocycles. The lowest BCUT2D eigenvalue weighted by atomic mass is 9.77. The van der Waals surface area contributed by atoms with Gasteiger partial charge < -0.3 is 23.7 Å². The molecule has 42 heavy (non-hydrogen) atoms. The minimum Gasteiger partial charge on any atom is -0.484 e. The second-order valence-corrected chi connectivity index (χ2v) is 10.9. The van der Waals surface area contributed by atoms with Gasteiger partial charge in [0.1, 0.15) is 5.75 Å². The Bertz CT molecular complexity index is 1780. The van der Waals surface area contributed by atoms with Gasteiger partial charge in [-0.1, -0.05) is 42.5 Å². The first-order valence-corrected chi connectivity index (χ1v) is 14.2. The smallest absolute Gasteiger partial charge is 0.281 e. The van der Waals surface area contributed by atoms with Crippen LogP contribution in [0.15, 0.2) is 89.5 Å². The highest BCUT2D eigenvalue weighted by molar-refractivity contribution is 6.08. The van der Waals surface area contributed by atoms with Crippen molar-refractivity contribution in [2.45, 2.75) is 25.3 Å². The Balaban J connectivity index is 1.12. The van der Waals surface area contributed by atoms with Crippen molar-refractivity contribution >= 4 is 28.5 Å². The Kier molecular flexibility index (Phi) is 5.98. The van der Waals surface area contributed by atoms with Crippen molar-refractivity contribution in [3.8, 4) is 28.7 Å². The summed E-state index contributed by atoms with van der Waals surface area (Å²) in [5.41, 5.74) is 4.05. The molecular formula is C34H28N2O6. The van der Waals surface area contributed by atoms with Crippen molar-refractivity contribution in [3.05, 3.63) is 95.6 Å². The molecule has 1 fully saturated rings. The minimum atomic E-state index is -0.275. The van der Waals surface area contributed by atoms with Gasteiger partial charge in [0, 0.05) is 5.92 Å². The molecule has 210 valence electrons. The molecule has 2 atom stereocenters. The SMILES string of the molecule is O=C(COc1ccc2ccccc2c1)N1N=C2/C(=C/c3ccc4c(c3)OCO4)CCC[C@H]2[C@@H]1c1ccc2c(c1)OCO2. The molecular weight excluding hydrogens is 532 g/mol. The summed E-state index contributed by atoms with van der Waals surface area (Å²) in [4.78, 5) is 13.8. The Morgan fingerprint density at radius 3 is 2.48 bits per heavy atom. The number of carbonyl (C=O) groups excluding carboxylic acids is 1. The molecule has 4 aromatic rings. The van der Waals surface area contributed by atoms with Gasteiger partial charge in [-0.2, -0.15) is 5.10 Å². The average Bonchev–Trinajstić information content (AvgIpc) is 3.78. The zero-order valence-corrected chi connectivity index (χ0v) is 22.8. The maximum absolute atomic E-state index is 13.8. The molecule has 0 saturated heterocycles. The molecule has 8 heteroatoms. The monoisotopic (exact) mass is 560 g/mol. The molecule has 4 aliphatic rings. The lowest BCUT2D eigenvalue weighted by Crippen LogP contribution is -2.34. The molecule has 0 aromatic heterocycles. The van der Waals surface area contributed by atoms with Crippen LogP contribution in [0, 0.1) is 5.92 Å². The molecule has 4 aromatic carbocycles. The van der Waals surface area contributed by atoms with E-state index in [1.165, 1.54) is 0 Å². The number of amides is 1. The first-order chi connectivity index (χ1) is 20.7. The van der Waals surface area contributed by atoms with Gasteiger partial charge in [-0.05, 0) is 89.2 Å². The number of allylic oxidation sites excluding steroid dienone is 1. The molecule has 8 nitrogen and oxygen atoms in total. The number of rotatable bonds is 5. The van der Waals surface area contributed by atoms with E-state index in [9.17, 15) is 4.79 Å². The summed E-state index contributed by atoms with van der Waals surface area (Å²) in [5, 5.41) is 8.80. The minimum absolute atomic E-state index is 0.0454. The van der Waals surface area contributed by atoms with E-state index >= 15 is 0 Å². The zero-order chi connectivity index (χ0) is 28.0.